The zero-order valence-corrected chi connectivity index (χ0v) is 10.6. The Morgan fingerprint density at radius 3 is 2.94 bits per heavy atom. The van der Waals surface area contributed by atoms with E-state index >= 15 is 0 Å². The smallest absolute Gasteiger partial charge is 0.331 e. The highest BCUT2D eigenvalue weighted by Crippen LogP contribution is 2.24. The number of thiazole rings is 1. The van der Waals surface area contributed by atoms with Crippen molar-refractivity contribution in [3.8, 4) is 0 Å². The number of esters is 1. The minimum atomic E-state index is -1.41. The Labute approximate surface area is 104 Å². The Kier molecular flexibility index (Phi) is 3.65. The summed E-state index contributed by atoms with van der Waals surface area (Å²) < 4.78 is 17.7. The van der Waals surface area contributed by atoms with Gasteiger partial charge in [-0.3, -0.25) is 0 Å². The molecule has 6 heteroatoms. The van der Waals surface area contributed by atoms with Crippen LogP contribution in [-0.4, -0.2) is 22.3 Å². The highest BCUT2D eigenvalue weighted by Gasteiger charge is 2.08. The molecule has 1 unspecified atom stereocenters. The van der Waals surface area contributed by atoms with Gasteiger partial charge in [-0.2, -0.15) is 0 Å². The molecule has 17 heavy (non-hydrogen) atoms. The summed E-state index contributed by atoms with van der Waals surface area (Å²) in [7, 11) is -0.141. The van der Waals surface area contributed by atoms with Gasteiger partial charge in [-0.25, -0.2) is 14.0 Å². The fourth-order valence-corrected chi connectivity index (χ4v) is 3.18. The molecule has 0 fully saturated rings. The van der Waals surface area contributed by atoms with Gasteiger partial charge in [0.15, 0.2) is 4.34 Å². The molecule has 0 saturated heterocycles. The summed E-state index contributed by atoms with van der Waals surface area (Å²) in [6, 6.07) is 7.55. The third-order valence-corrected chi connectivity index (χ3v) is 4.37. The Hall–Kier alpha value is -1.53. The largest absolute Gasteiger partial charge is 0.466 e. The van der Waals surface area contributed by atoms with E-state index in [9.17, 15) is 9.00 Å². The summed E-state index contributed by atoms with van der Waals surface area (Å²) in [5, 5.41) is 1.28. The monoisotopic (exact) mass is 267 g/mol. The molecule has 0 radical (unpaired) electrons. The van der Waals surface area contributed by atoms with Crippen LogP contribution in [0.1, 0.15) is 0 Å². The average Bonchev–Trinajstić information content (AvgIpc) is 2.79. The van der Waals surface area contributed by atoms with Crippen molar-refractivity contribution in [3.63, 3.8) is 0 Å². The van der Waals surface area contributed by atoms with Crippen LogP contribution in [0.25, 0.3) is 10.2 Å². The molecule has 0 aliphatic heterocycles. The topological polar surface area (TPSA) is 56.3 Å². The third kappa shape index (κ3) is 2.78. The number of hydrogen-bond donors (Lipinski definition) is 0. The van der Waals surface area contributed by atoms with Crippen LogP contribution in [0.5, 0.6) is 0 Å². The number of nitrogens with zero attached hydrogens (tertiary/aromatic N) is 1. The number of methoxy groups -OCH3 is 1. The average molecular weight is 267 g/mol. The van der Waals surface area contributed by atoms with Crippen LogP contribution in [-0.2, 0) is 20.3 Å². The Bertz CT molecular complexity index is 571. The van der Waals surface area contributed by atoms with Crippen LogP contribution in [0.4, 0.5) is 0 Å². The minimum Gasteiger partial charge on any atom is -0.466 e. The highest BCUT2D eigenvalue weighted by atomic mass is 32.2. The van der Waals surface area contributed by atoms with Gasteiger partial charge in [0.05, 0.1) is 17.3 Å². The van der Waals surface area contributed by atoms with Crippen molar-refractivity contribution < 1.29 is 13.7 Å². The summed E-state index contributed by atoms with van der Waals surface area (Å²) in [4.78, 5) is 15.1. The van der Waals surface area contributed by atoms with Gasteiger partial charge in [-0.05, 0) is 12.1 Å². The number of ether oxygens (including phenoxy) is 1. The summed E-state index contributed by atoms with van der Waals surface area (Å²) >= 11 is 1.35. The van der Waals surface area contributed by atoms with Crippen LogP contribution >= 0.6 is 11.3 Å². The number of para-hydroxylation sites is 1. The maximum absolute atomic E-state index is 11.8. The van der Waals surface area contributed by atoms with Gasteiger partial charge in [-0.1, -0.05) is 12.1 Å². The van der Waals surface area contributed by atoms with Crippen molar-refractivity contribution in [1.82, 2.24) is 4.98 Å². The van der Waals surface area contributed by atoms with Crippen molar-refractivity contribution in [3.05, 3.63) is 35.7 Å². The maximum atomic E-state index is 11.8. The van der Waals surface area contributed by atoms with Crippen molar-refractivity contribution in [2.24, 2.45) is 0 Å². The van der Waals surface area contributed by atoms with Crippen molar-refractivity contribution in [2.75, 3.05) is 7.11 Å². The molecule has 2 rings (SSSR count). The van der Waals surface area contributed by atoms with Gasteiger partial charge < -0.3 is 4.74 Å². The number of rotatable bonds is 3. The lowest BCUT2D eigenvalue weighted by Gasteiger charge is -1.89. The number of carbonyl (C=O) groups excluding carboxylic acids is 1. The normalized spacial score (nSPS) is 13.0. The van der Waals surface area contributed by atoms with Gasteiger partial charge in [0.1, 0.15) is 10.8 Å². The fourth-order valence-electron chi connectivity index (χ4n) is 1.18. The summed E-state index contributed by atoms with van der Waals surface area (Å²) in [5.41, 5.74) is 0.812. The SMILES string of the molecule is COC(=O)/C=C\S(=O)c1nc2ccccc2s1. The van der Waals surface area contributed by atoms with Gasteiger partial charge in [0.2, 0.25) is 0 Å². The zero-order chi connectivity index (χ0) is 12.3. The number of benzene rings is 1. The van der Waals surface area contributed by atoms with Crippen LogP contribution in [0.3, 0.4) is 0 Å². The molecule has 0 N–H and O–H groups in total. The van der Waals surface area contributed by atoms with Crippen LogP contribution in [0.2, 0.25) is 0 Å². The van der Waals surface area contributed by atoms with Crippen LogP contribution in [0, 0.1) is 0 Å². The first-order valence-electron chi connectivity index (χ1n) is 4.73. The molecule has 1 heterocycles. The number of carbonyl (C=O) groups is 1. The van der Waals surface area contributed by atoms with Crippen molar-refractivity contribution in [1.29, 1.82) is 0 Å². The predicted octanol–water partition coefficient (Wildman–Crippen LogP) is 2.09. The number of aromatic nitrogens is 1. The van der Waals surface area contributed by atoms with E-state index in [0.29, 0.717) is 4.34 Å². The Morgan fingerprint density at radius 1 is 1.47 bits per heavy atom. The first-order chi connectivity index (χ1) is 8.20. The van der Waals surface area contributed by atoms with Crippen molar-refractivity contribution in [2.45, 2.75) is 4.34 Å². The lowest BCUT2D eigenvalue weighted by molar-refractivity contribution is -0.134. The quantitative estimate of drug-likeness (QED) is 0.631. The molecule has 1 atom stereocenters. The van der Waals surface area contributed by atoms with E-state index in [4.69, 9.17) is 0 Å². The van der Waals surface area contributed by atoms with Crippen LogP contribution < -0.4 is 0 Å². The second-order valence-electron chi connectivity index (χ2n) is 3.07. The molecule has 1 aromatic heterocycles. The molecule has 0 aliphatic rings. The lowest BCUT2D eigenvalue weighted by atomic mass is 10.3. The molecule has 0 bridgehead atoms. The van der Waals surface area contributed by atoms with Gasteiger partial charge in [-0.15, -0.1) is 11.3 Å². The number of hydrogen-bond acceptors (Lipinski definition) is 5. The van der Waals surface area contributed by atoms with Crippen molar-refractivity contribution >= 4 is 38.3 Å². The molecule has 0 saturated carbocycles. The van der Waals surface area contributed by atoms with E-state index in [2.05, 4.69) is 9.72 Å². The van der Waals surface area contributed by atoms with E-state index in [1.54, 1.807) is 0 Å². The molecule has 0 spiro atoms. The molecular formula is C11H9NO3S2. The zero-order valence-electron chi connectivity index (χ0n) is 8.95. The molecule has 88 valence electrons. The first-order valence-corrected chi connectivity index (χ1v) is 6.76. The maximum Gasteiger partial charge on any atom is 0.331 e. The second kappa shape index (κ2) is 5.20. The van der Waals surface area contributed by atoms with Gasteiger partial charge in [0.25, 0.3) is 0 Å². The highest BCUT2D eigenvalue weighted by molar-refractivity contribution is 7.90. The minimum absolute atomic E-state index is 0.478. The Morgan fingerprint density at radius 2 is 2.24 bits per heavy atom. The van der Waals surface area contributed by atoms with E-state index in [0.717, 1.165) is 16.3 Å². The Balaban J connectivity index is 2.25. The van der Waals surface area contributed by atoms with E-state index in [-0.39, 0.29) is 0 Å². The predicted molar refractivity (Wildman–Crippen MR) is 67.2 cm³/mol. The van der Waals surface area contributed by atoms with Crippen LogP contribution in [0.15, 0.2) is 40.1 Å². The van der Waals surface area contributed by atoms with Gasteiger partial charge >= 0.3 is 5.97 Å². The fraction of sp³-hybridized carbons (Fsp3) is 0.0909. The molecule has 1 aromatic carbocycles. The van der Waals surface area contributed by atoms with E-state index in [1.807, 2.05) is 24.3 Å². The molecule has 2 aromatic rings. The third-order valence-electron chi connectivity index (χ3n) is 1.98. The second-order valence-corrected chi connectivity index (χ2v) is 5.61. The standard InChI is InChI=1S/C11H9NO3S2/c1-15-10(13)6-7-17(14)11-12-8-4-2-3-5-9(8)16-11/h2-7H,1H3/b7-6-. The van der Waals surface area contributed by atoms with E-state index in [1.165, 1.54) is 23.9 Å². The molecular weight excluding hydrogens is 258 g/mol. The first kappa shape index (κ1) is 11.9. The van der Waals surface area contributed by atoms with Gasteiger partial charge in [0, 0.05) is 11.5 Å². The number of fused-ring (bicyclic) bond motifs is 1. The molecule has 4 nitrogen and oxygen atoms in total. The van der Waals surface area contributed by atoms with E-state index < -0.39 is 16.8 Å². The molecule has 0 aliphatic carbocycles. The molecule has 0 amide bonds. The summed E-state index contributed by atoms with van der Waals surface area (Å²) in [5.74, 6) is -0.528. The summed E-state index contributed by atoms with van der Waals surface area (Å²) in [6.45, 7) is 0. The summed E-state index contributed by atoms with van der Waals surface area (Å²) in [6.07, 6.45) is 1.14. The lowest BCUT2D eigenvalue weighted by Crippen LogP contribution is -1.95.